The maximum atomic E-state index is 13.8. The normalized spacial score (nSPS) is 12.2. The second-order valence-corrected chi connectivity index (χ2v) is 6.07. The first kappa shape index (κ1) is 17.8. The second kappa shape index (κ2) is 7.20. The van der Waals surface area contributed by atoms with Gasteiger partial charge in [-0.25, -0.2) is 8.78 Å². The number of aliphatic hydroxyl groups excluding tert-OH is 1. The Morgan fingerprint density at radius 1 is 1.21 bits per heavy atom. The third-order valence-corrected chi connectivity index (χ3v) is 4.22. The Balaban J connectivity index is 1.56. The average molecular weight is 384 g/mol. The number of fused-ring (bicyclic) bond motifs is 1. The molecular formula is C19H14F2N4O3. The number of aliphatic hydroxyl groups is 1. The maximum Gasteiger partial charge on any atom is 0.251 e. The van der Waals surface area contributed by atoms with Gasteiger partial charge < -0.3 is 19.9 Å². The largest absolute Gasteiger partial charge is 0.394 e. The van der Waals surface area contributed by atoms with Crippen LogP contribution in [0.25, 0.3) is 22.3 Å². The molecule has 3 N–H and O–H groups in total. The molecule has 0 spiro atoms. The van der Waals surface area contributed by atoms with Gasteiger partial charge >= 0.3 is 0 Å². The van der Waals surface area contributed by atoms with Gasteiger partial charge in [0, 0.05) is 28.2 Å². The molecule has 142 valence electrons. The lowest BCUT2D eigenvalue weighted by Crippen LogP contribution is -2.31. The van der Waals surface area contributed by atoms with E-state index in [1.165, 1.54) is 18.3 Å². The average Bonchev–Trinajstić information content (AvgIpc) is 3.34. The van der Waals surface area contributed by atoms with Crippen molar-refractivity contribution in [3.8, 4) is 11.4 Å². The fraction of sp³-hybridized carbons (Fsp3) is 0.105. The molecule has 0 fully saturated rings. The first-order valence-corrected chi connectivity index (χ1v) is 8.33. The number of aromatic nitrogens is 3. The number of halogens is 2. The summed E-state index contributed by atoms with van der Waals surface area (Å²) in [5.41, 5.74) is 1.36. The summed E-state index contributed by atoms with van der Waals surface area (Å²) in [5, 5.41) is 16.4. The summed E-state index contributed by atoms with van der Waals surface area (Å²) in [6.45, 7) is -0.486. The fourth-order valence-electron chi connectivity index (χ4n) is 2.75. The van der Waals surface area contributed by atoms with Crippen LogP contribution in [0.15, 0.2) is 53.2 Å². The van der Waals surface area contributed by atoms with Crippen LogP contribution in [0, 0.1) is 11.6 Å². The van der Waals surface area contributed by atoms with Crippen molar-refractivity contribution in [1.82, 2.24) is 20.4 Å². The van der Waals surface area contributed by atoms with Crippen LogP contribution >= 0.6 is 0 Å². The predicted molar refractivity (Wildman–Crippen MR) is 95.2 cm³/mol. The van der Waals surface area contributed by atoms with Gasteiger partial charge in [0.05, 0.1) is 6.61 Å². The van der Waals surface area contributed by atoms with Gasteiger partial charge in [0.15, 0.2) is 0 Å². The smallest absolute Gasteiger partial charge is 0.251 e. The zero-order chi connectivity index (χ0) is 19.7. The zero-order valence-corrected chi connectivity index (χ0v) is 14.3. The van der Waals surface area contributed by atoms with Gasteiger partial charge in [-0.05, 0) is 42.5 Å². The zero-order valence-electron chi connectivity index (χ0n) is 14.3. The van der Waals surface area contributed by atoms with Crippen molar-refractivity contribution < 1.29 is 23.2 Å². The summed E-state index contributed by atoms with van der Waals surface area (Å²) in [6, 6.07) is 8.94. The van der Waals surface area contributed by atoms with Crippen molar-refractivity contribution in [2.45, 2.75) is 6.04 Å². The Morgan fingerprint density at radius 2 is 2.00 bits per heavy atom. The lowest BCUT2D eigenvalue weighted by Gasteiger charge is -2.12. The lowest BCUT2D eigenvalue weighted by molar-refractivity contribution is 0.0901. The highest BCUT2D eigenvalue weighted by Gasteiger charge is 2.22. The molecule has 0 aliphatic carbocycles. The highest BCUT2D eigenvalue weighted by Crippen LogP contribution is 2.25. The molecule has 0 saturated carbocycles. The number of carbonyl (C=O) groups is 1. The van der Waals surface area contributed by atoms with E-state index in [0.717, 1.165) is 12.1 Å². The van der Waals surface area contributed by atoms with Gasteiger partial charge in [-0.1, -0.05) is 5.16 Å². The minimum absolute atomic E-state index is 0.0115. The van der Waals surface area contributed by atoms with E-state index in [1.807, 2.05) is 0 Å². The molecule has 28 heavy (non-hydrogen) atoms. The van der Waals surface area contributed by atoms with Crippen molar-refractivity contribution in [1.29, 1.82) is 0 Å². The monoisotopic (exact) mass is 384 g/mol. The Kier molecular flexibility index (Phi) is 4.58. The van der Waals surface area contributed by atoms with Gasteiger partial charge in [0.2, 0.25) is 5.82 Å². The third kappa shape index (κ3) is 3.35. The number of rotatable bonds is 5. The van der Waals surface area contributed by atoms with Crippen LogP contribution in [-0.4, -0.2) is 32.7 Å². The molecule has 4 aromatic rings. The number of nitrogens with zero attached hydrogens (tertiary/aromatic N) is 2. The molecule has 2 aromatic carbocycles. The van der Waals surface area contributed by atoms with Crippen LogP contribution in [0.2, 0.25) is 0 Å². The van der Waals surface area contributed by atoms with E-state index >= 15 is 0 Å². The molecule has 0 radical (unpaired) electrons. The number of aromatic amines is 1. The topological polar surface area (TPSA) is 104 Å². The molecule has 2 heterocycles. The summed E-state index contributed by atoms with van der Waals surface area (Å²) in [6.07, 6.45) is 1.25. The lowest BCUT2D eigenvalue weighted by atomic mass is 10.1. The van der Waals surface area contributed by atoms with Crippen molar-refractivity contribution >= 4 is 16.8 Å². The van der Waals surface area contributed by atoms with Crippen LogP contribution in [0.1, 0.15) is 22.3 Å². The number of hydrogen-bond donors (Lipinski definition) is 3. The van der Waals surface area contributed by atoms with E-state index in [0.29, 0.717) is 16.5 Å². The van der Waals surface area contributed by atoms with E-state index in [2.05, 4.69) is 20.4 Å². The van der Waals surface area contributed by atoms with Gasteiger partial charge in [-0.2, -0.15) is 4.98 Å². The molecule has 4 rings (SSSR count). The van der Waals surface area contributed by atoms with Crippen molar-refractivity contribution in [3.63, 3.8) is 0 Å². The van der Waals surface area contributed by atoms with Crippen LogP contribution < -0.4 is 5.32 Å². The molecule has 1 atom stereocenters. The number of H-pyrrole nitrogens is 1. The summed E-state index contributed by atoms with van der Waals surface area (Å²) < 4.78 is 31.9. The Bertz CT molecular complexity index is 1140. The molecule has 7 nitrogen and oxygen atoms in total. The number of nitrogens with one attached hydrogen (secondary N) is 2. The van der Waals surface area contributed by atoms with Crippen molar-refractivity contribution in [2.75, 3.05) is 6.61 Å². The second-order valence-electron chi connectivity index (χ2n) is 6.07. The highest BCUT2D eigenvalue weighted by molar-refractivity contribution is 5.94. The molecule has 0 saturated heterocycles. The minimum Gasteiger partial charge on any atom is -0.394 e. The van der Waals surface area contributed by atoms with Crippen LogP contribution in [0.5, 0.6) is 0 Å². The first-order chi connectivity index (χ1) is 13.5. The number of carbonyl (C=O) groups excluding carboxylic acids is 1. The fourth-order valence-corrected chi connectivity index (χ4v) is 2.75. The molecule has 0 aliphatic heterocycles. The van der Waals surface area contributed by atoms with Gasteiger partial charge in [0.25, 0.3) is 11.8 Å². The van der Waals surface area contributed by atoms with E-state index in [4.69, 9.17) is 4.52 Å². The SMILES string of the molecule is O=C(N[C@@H](CO)c1nc(-c2ccc3[nH]cc(F)c3c2)no1)c1ccc(F)cc1. The number of amides is 1. The van der Waals surface area contributed by atoms with E-state index in [1.54, 1.807) is 18.2 Å². The van der Waals surface area contributed by atoms with Crippen molar-refractivity contribution in [2.24, 2.45) is 0 Å². The molecule has 9 heteroatoms. The van der Waals surface area contributed by atoms with Gasteiger partial charge in [-0.3, -0.25) is 4.79 Å². The molecule has 2 aromatic heterocycles. The summed E-state index contributed by atoms with van der Waals surface area (Å²) in [5.74, 6) is -1.22. The summed E-state index contributed by atoms with van der Waals surface area (Å²) >= 11 is 0. The van der Waals surface area contributed by atoms with E-state index in [-0.39, 0.29) is 17.3 Å². The first-order valence-electron chi connectivity index (χ1n) is 8.33. The Hall–Kier alpha value is -3.59. The predicted octanol–water partition coefficient (Wildman–Crippen LogP) is 2.96. The maximum absolute atomic E-state index is 13.8. The summed E-state index contributed by atoms with van der Waals surface area (Å²) in [4.78, 5) is 19.2. The minimum atomic E-state index is -0.952. The van der Waals surface area contributed by atoms with Crippen molar-refractivity contribution in [3.05, 3.63) is 71.8 Å². The molecule has 0 aliphatic rings. The Morgan fingerprint density at radius 3 is 2.75 bits per heavy atom. The number of hydrogen-bond acceptors (Lipinski definition) is 5. The van der Waals surface area contributed by atoms with Crippen LogP contribution in [0.3, 0.4) is 0 Å². The molecule has 0 bridgehead atoms. The van der Waals surface area contributed by atoms with Gasteiger partial charge in [0.1, 0.15) is 17.7 Å². The molecule has 0 unspecified atom stereocenters. The van der Waals surface area contributed by atoms with E-state index in [9.17, 15) is 18.7 Å². The van der Waals surface area contributed by atoms with Crippen LogP contribution in [-0.2, 0) is 0 Å². The third-order valence-electron chi connectivity index (χ3n) is 4.22. The highest BCUT2D eigenvalue weighted by atomic mass is 19.1. The molecule has 1 amide bonds. The summed E-state index contributed by atoms with van der Waals surface area (Å²) in [7, 11) is 0. The van der Waals surface area contributed by atoms with E-state index < -0.39 is 30.2 Å². The molecular weight excluding hydrogens is 370 g/mol. The number of benzene rings is 2. The standard InChI is InChI=1S/C19H14F2N4O3/c20-12-4-1-10(2-5-12)18(27)23-16(9-26)19-24-17(25-28-19)11-3-6-15-13(7-11)14(21)8-22-15/h1-8,16,22,26H,9H2,(H,23,27)/t16-/m0/s1. The van der Waals surface area contributed by atoms with Crippen LogP contribution in [0.4, 0.5) is 8.78 Å². The van der Waals surface area contributed by atoms with Gasteiger partial charge in [-0.15, -0.1) is 0 Å². The quantitative estimate of drug-likeness (QED) is 0.491. The Labute approximate surface area is 157 Å².